The number of carboxylic acid groups (broad SMARTS) is 1. The van der Waals surface area contributed by atoms with Crippen LogP contribution in [0.15, 0.2) is 29.2 Å². The molecule has 0 bridgehead atoms. The number of hydrogen-bond acceptors (Lipinski definition) is 6. The molecule has 0 fully saturated rings. The Morgan fingerprint density at radius 3 is 2.29 bits per heavy atom. The molecule has 0 aliphatic rings. The van der Waals surface area contributed by atoms with Gasteiger partial charge in [-0.2, -0.15) is 4.72 Å². The summed E-state index contributed by atoms with van der Waals surface area (Å²) in [6.45, 7) is 0. The van der Waals surface area contributed by atoms with E-state index in [0.29, 0.717) is 5.75 Å². The van der Waals surface area contributed by atoms with Crippen molar-refractivity contribution < 1.29 is 33.1 Å². The van der Waals surface area contributed by atoms with E-state index in [1.165, 1.54) is 36.9 Å². The molecule has 0 aliphatic heterocycles. The Morgan fingerprint density at radius 2 is 1.86 bits per heavy atom. The highest BCUT2D eigenvalue weighted by Gasteiger charge is 2.27. The van der Waals surface area contributed by atoms with Crippen molar-refractivity contribution in [2.24, 2.45) is 0 Å². The fourth-order valence-corrected chi connectivity index (χ4v) is 2.65. The Balaban J connectivity index is 2.98. The number of amides is 1. The van der Waals surface area contributed by atoms with E-state index in [2.05, 4.69) is 0 Å². The number of nitrogens with one attached hydrogen (secondary N) is 2. The molecule has 1 rings (SSSR count). The summed E-state index contributed by atoms with van der Waals surface area (Å²) in [7, 11) is -2.71. The smallest absolute Gasteiger partial charge is 0.305 e. The summed E-state index contributed by atoms with van der Waals surface area (Å²) in [5.74, 6) is -2.14. The van der Waals surface area contributed by atoms with Crippen LogP contribution in [0.25, 0.3) is 0 Å². The van der Waals surface area contributed by atoms with Crippen LogP contribution in [0, 0.1) is 0 Å². The predicted molar refractivity (Wildman–Crippen MR) is 69.3 cm³/mol. The van der Waals surface area contributed by atoms with E-state index < -0.39 is 34.4 Å². The third kappa shape index (κ3) is 4.70. The number of benzene rings is 1. The summed E-state index contributed by atoms with van der Waals surface area (Å²) in [5.41, 5.74) is 1.21. The van der Waals surface area contributed by atoms with Crippen LogP contribution in [-0.2, 0) is 19.6 Å². The highest BCUT2D eigenvalue weighted by Crippen LogP contribution is 2.16. The fourth-order valence-electron chi connectivity index (χ4n) is 1.45. The Hall–Kier alpha value is -2.17. The highest BCUT2D eigenvalue weighted by atomic mass is 32.2. The van der Waals surface area contributed by atoms with Crippen molar-refractivity contribution in [1.29, 1.82) is 0 Å². The first-order valence-corrected chi connectivity index (χ1v) is 7.10. The normalized spacial score (nSPS) is 12.5. The zero-order valence-electron chi connectivity index (χ0n) is 10.9. The van der Waals surface area contributed by atoms with Gasteiger partial charge in [0.15, 0.2) is 0 Å². The maximum Gasteiger partial charge on any atom is 0.305 e. The number of sulfonamides is 1. The van der Waals surface area contributed by atoms with Crippen LogP contribution in [0.1, 0.15) is 6.42 Å². The number of rotatable bonds is 7. The van der Waals surface area contributed by atoms with Gasteiger partial charge in [-0.25, -0.2) is 13.9 Å². The Bertz CT molecular complexity index is 612. The minimum atomic E-state index is -4.13. The van der Waals surface area contributed by atoms with E-state index >= 15 is 0 Å². The van der Waals surface area contributed by atoms with Gasteiger partial charge in [-0.3, -0.25) is 14.8 Å². The largest absolute Gasteiger partial charge is 0.497 e. The van der Waals surface area contributed by atoms with Gasteiger partial charge in [-0.15, -0.1) is 0 Å². The van der Waals surface area contributed by atoms with Crippen molar-refractivity contribution in [2.45, 2.75) is 17.4 Å². The van der Waals surface area contributed by atoms with Gasteiger partial charge < -0.3 is 9.84 Å². The van der Waals surface area contributed by atoms with E-state index in [1.54, 1.807) is 0 Å². The molecular weight excluding hydrogens is 304 g/mol. The molecule has 1 unspecified atom stereocenters. The van der Waals surface area contributed by atoms with Gasteiger partial charge >= 0.3 is 5.97 Å². The van der Waals surface area contributed by atoms with Gasteiger partial charge in [-0.1, -0.05) is 0 Å². The number of hydrogen-bond donors (Lipinski definition) is 4. The molecule has 1 amide bonds. The van der Waals surface area contributed by atoms with Crippen molar-refractivity contribution in [2.75, 3.05) is 7.11 Å². The third-order valence-electron chi connectivity index (χ3n) is 2.47. The van der Waals surface area contributed by atoms with E-state index in [4.69, 9.17) is 15.1 Å². The van der Waals surface area contributed by atoms with Crippen LogP contribution in [0.2, 0.25) is 0 Å². The summed E-state index contributed by atoms with van der Waals surface area (Å²) in [4.78, 5) is 21.7. The molecule has 9 nitrogen and oxygen atoms in total. The predicted octanol–water partition coefficient (Wildman–Crippen LogP) is -0.678. The standard InChI is InChI=1S/C11H14N2O7S/c1-20-7-2-4-8(5-3-7)21(18,19)13-9(6-10(14)15)11(16)12-17/h2-5,9,13,17H,6H2,1H3,(H,12,16)(H,14,15). The number of carboxylic acids is 1. The van der Waals surface area contributed by atoms with E-state index in [9.17, 15) is 18.0 Å². The van der Waals surface area contributed by atoms with E-state index in [0.717, 1.165) is 0 Å². The zero-order valence-corrected chi connectivity index (χ0v) is 11.8. The molecular formula is C11H14N2O7S. The molecule has 0 heterocycles. The molecule has 1 aromatic carbocycles. The lowest BCUT2D eigenvalue weighted by Gasteiger charge is -2.15. The first kappa shape index (κ1) is 16.9. The molecule has 0 spiro atoms. The van der Waals surface area contributed by atoms with Crippen molar-refractivity contribution in [3.63, 3.8) is 0 Å². The molecule has 116 valence electrons. The van der Waals surface area contributed by atoms with Crippen LogP contribution in [0.3, 0.4) is 0 Å². The van der Waals surface area contributed by atoms with Crippen LogP contribution in [0.4, 0.5) is 0 Å². The van der Waals surface area contributed by atoms with Crippen molar-refractivity contribution in [3.05, 3.63) is 24.3 Å². The molecule has 0 saturated heterocycles. The van der Waals surface area contributed by atoms with Crippen molar-refractivity contribution in [1.82, 2.24) is 10.2 Å². The van der Waals surface area contributed by atoms with Crippen LogP contribution in [0.5, 0.6) is 5.75 Å². The first-order chi connectivity index (χ1) is 9.80. The fraction of sp³-hybridized carbons (Fsp3) is 0.273. The Kier molecular flexibility index (Phi) is 5.64. The SMILES string of the molecule is COc1ccc(S(=O)(=O)NC(CC(=O)O)C(=O)NO)cc1. The number of ether oxygens (including phenoxy) is 1. The Labute approximate surface area is 120 Å². The van der Waals surface area contributed by atoms with Gasteiger partial charge in [0.05, 0.1) is 18.4 Å². The second kappa shape index (κ2) is 7.02. The van der Waals surface area contributed by atoms with Gasteiger partial charge in [0.1, 0.15) is 11.8 Å². The minimum Gasteiger partial charge on any atom is -0.497 e. The maximum atomic E-state index is 12.0. The van der Waals surface area contributed by atoms with Gasteiger partial charge in [0, 0.05) is 0 Å². The average Bonchev–Trinajstić information content (AvgIpc) is 2.45. The molecule has 1 atom stereocenters. The maximum absolute atomic E-state index is 12.0. The van der Waals surface area contributed by atoms with Crippen molar-refractivity contribution >= 4 is 21.9 Å². The molecule has 1 aromatic rings. The molecule has 4 N–H and O–H groups in total. The molecule has 0 aliphatic carbocycles. The quantitative estimate of drug-likeness (QED) is 0.385. The highest BCUT2D eigenvalue weighted by molar-refractivity contribution is 7.89. The van der Waals surface area contributed by atoms with Gasteiger partial charge in [0.25, 0.3) is 5.91 Å². The lowest BCUT2D eigenvalue weighted by Crippen LogP contribution is -2.46. The summed E-state index contributed by atoms with van der Waals surface area (Å²) in [6.07, 6.45) is -0.818. The molecule has 21 heavy (non-hydrogen) atoms. The van der Waals surface area contributed by atoms with E-state index in [1.807, 2.05) is 4.72 Å². The first-order valence-electron chi connectivity index (χ1n) is 5.62. The third-order valence-corrected chi connectivity index (χ3v) is 3.96. The molecule has 10 heteroatoms. The van der Waals surface area contributed by atoms with Gasteiger partial charge in [0.2, 0.25) is 10.0 Å². The molecule has 0 saturated carbocycles. The summed E-state index contributed by atoms with van der Waals surface area (Å²) in [5, 5.41) is 17.2. The lowest BCUT2D eigenvalue weighted by molar-refractivity contribution is -0.141. The zero-order chi connectivity index (χ0) is 16.0. The summed E-state index contributed by atoms with van der Waals surface area (Å²) >= 11 is 0. The second-order valence-corrected chi connectivity index (χ2v) is 5.64. The second-order valence-electron chi connectivity index (χ2n) is 3.92. The summed E-state index contributed by atoms with van der Waals surface area (Å²) < 4.78 is 30.9. The van der Waals surface area contributed by atoms with Crippen molar-refractivity contribution in [3.8, 4) is 5.75 Å². The van der Waals surface area contributed by atoms with Crippen LogP contribution < -0.4 is 14.9 Å². The molecule has 0 aromatic heterocycles. The monoisotopic (exact) mass is 318 g/mol. The van der Waals surface area contributed by atoms with E-state index in [-0.39, 0.29) is 4.90 Å². The number of carbonyl (C=O) groups excluding carboxylic acids is 1. The minimum absolute atomic E-state index is 0.176. The number of aliphatic carboxylic acids is 1. The summed E-state index contributed by atoms with van der Waals surface area (Å²) in [6, 6.07) is 3.62. The van der Waals surface area contributed by atoms with Gasteiger partial charge in [-0.05, 0) is 24.3 Å². The number of carbonyl (C=O) groups is 2. The Morgan fingerprint density at radius 1 is 1.29 bits per heavy atom. The average molecular weight is 318 g/mol. The number of hydroxylamine groups is 1. The lowest BCUT2D eigenvalue weighted by atomic mass is 10.2. The topological polar surface area (TPSA) is 142 Å². The van der Waals surface area contributed by atoms with Crippen LogP contribution in [-0.4, -0.2) is 43.8 Å². The molecule has 0 radical (unpaired) electrons. The van der Waals surface area contributed by atoms with Crippen LogP contribution >= 0.6 is 0 Å². The number of methoxy groups -OCH3 is 1.